The lowest BCUT2D eigenvalue weighted by molar-refractivity contribution is 0.0398. The summed E-state index contributed by atoms with van der Waals surface area (Å²) in [6.07, 6.45) is 0. The largest absolute Gasteiger partial charge is 0.383 e. The molecule has 1 aliphatic heterocycles. The van der Waals surface area contributed by atoms with Crippen molar-refractivity contribution in [2.24, 2.45) is 0 Å². The lowest BCUT2D eigenvalue weighted by atomic mass is 10.4. The van der Waals surface area contributed by atoms with E-state index in [9.17, 15) is 0 Å². The highest BCUT2D eigenvalue weighted by molar-refractivity contribution is 9.10. The maximum Gasteiger partial charge on any atom is 0.225 e. The van der Waals surface area contributed by atoms with Crippen molar-refractivity contribution in [3.8, 4) is 0 Å². The van der Waals surface area contributed by atoms with Gasteiger partial charge in [0.25, 0.3) is 0 Å². The zero-order chi connectivity index (χ0) is 12.1. The fraction of sp³-hybridized carbons (Fsp3) is 0.600. The second-order valence-corrected chi connectivity index (χ2v) is 4.63. The molecule has 94 valence electrons. The Hall–Kier alpha value is -0.920. The standard InChI is InChI=1S/C10H16BrN5O/c11-8-7-9(12)15-10(14-8)13-1-2-16-3-5-17-6-4-16/h7H,1-6H2,(H3,12,13,14,15). The number of aromatic nitrogens is 2. The summed E-state index contributed by atoms with van der Waals surface area (Å²) < 4.78 is 5.98. The van der Waals surface area contributed by atoms with Crippen LogP contribution in [0.5, 0.6) is 0 Å². The number of hydrogen-bond donors (Lipinski definition) is 2. The molecule has 1 aromatic rings. The topological polar surface area (TPSA) is 76.3 Å². The molecule has 0 aliphatic carbocycles. The summed E-state index contributed by atoms with van der Waals surface area (Å²) in [5.74, 6) is 1.02. The van der Waals surface area contributed by atoms with Crippen LogP contribution in [-0.4, -0.2) is 54.3 Å². The first-order chi connectivity index (χ1) is 8.24. The summed E-state index contributed by atoms with van der Waals surface area (Å²) in [4.78, 5) is 10.6. The monoisotopic (exact) mass is 301 g/mol. The molecule has 0 bridgehead atoms. The molecule has 0 atom stereocenters. The number of halogens is 1. The molecular weight excluding hydrogens is 286 g/mol. The van der Waals surface area contributed by atoms with Crippen molar-refractivity contribution < 1.29 is 4.74 Å². The van der Waals surface area contributed by atoms with Gasteiger partial charge in [-0.3, -0.25) is 4.90 Å². The third-order valence-electron chi connectivity index (χ3n) is 2.53. The first-order valence-electron chi connectivity index (χ1n) is 5.58. The highest BCUT2D eigenvalue weighted by Crippen LogP contribution is 2.11. The van der Waals surface area contributed by atoms with Crippen LogP contribution < -0.4 is 11.1 Å². The van der Waals surface area contributed by atoms with E-state index < -0.39 is 0 Å². The van der Waals surface area contributed by atoms with Gasteiger partial charge in [0.2, 0.25) is 5.95 Å². The minimum Gasteiger partial charge on any atom is -0.383 e. The molecule has 7 heteroatoms. The van der Waals surface area contributed by atoms with Crippen LogP contribution in [0.2, 0.25) is 0 Å². The summed E-state index contributed by atoms with van der Waals surface area (Å²) >= 11 is 3.28. The molecule has 0 amide bonds. The third kappa shape index (κ3) is 4.10. The summed E-state index contributed by atoms with van der Waals surface area (Å²) in [6.45, 7) is 5.38. The number of rotatable bonds is 4. The van der Waals surface area contributed by atoms with Gasteiger partial charge in [0.15, 0.2) is 0 Å². The van der Waals surface area contributed by atoms with Crippen molar-refractivity contribution in [1.29, 1.82) is 0 Å². The molecule has 1 aromatic heterocycles. The van der Waals surface area contributed by atoms with Gasteiger partial charge in [-0.05, 0) is 15.9 Å². The molecule has 0 unspecified atom stereocenters. The molecule has 0 spiro atoms. The number of hydrogen-bond acceptors (Lipinski definition) is 6. The molecule has 2 heterocycles. The van der Waals surface area contributed by atoms with E-state index in [0.717, 1.165) is 39.4 Å². The van der Waals surface area contributed by atoms with Crippen molar-refractivity contribution in [2.45, 2.75) is 0 Å². The van der Waals surface area contributed by atoms with Crippen molar-refractivity contribution in [1.82, 2.24) is 14.9 Å². The molecule has 2 rings (SSSR count). The van der Waals surface area contributed by atoms with Crippen LogP contribution in [0, 0.1) is 0 Å². The minimum absolute atomic E-state index is 0.459. The van der Waals surface area contributed by atoms with Gasteiger partial charge in [-0.15, -0.1) is 0 Å². The predicted molar refractivity (Wildman–Crippen MR) is 69.9 cm³/mol. The first-order valence-corrected chi connectivity index (χ1v) is 6.37. The number of nitrogens with two attached hydrogens (primary N) is 1. The molecule has 1 saturated heterocycles. The Morgan fingerprint density at radius 1 is 1.41 bits per heavy atom. The fourth-order valence-electron chi connectivity index (χ4n) is 1.66. The molecule has 0 aromatic carbocycles. The Bertz CT molecular complexity index is 349. The lowest BCUT2D eigenvalue weighted by Gasteiger charge is -2.26. The van der Waals surface area contributed by atoms with Crippen molar-refractivity contribution in [3.05, 3.63) is 10.7 Å². The highest BCUT2D eigenvalue weighted by atomic mass is 79.9. The number of nitrogens with zero attached hydrogens (tertiary/aromatic N) is 3. The number of ether oxygens (including phenoxy) is 1. The number of anilines is 2. The Morgan fingerprint density at radius 2 is 2.18 bits per heavy atom. The zero-order valence-corrected chi connectivity index (χ0v) is 11.1. The Labute approximate surface area is 109 Å². The summed E-state index contributed by atoms with van der Waals surface area (Å²) in [7, 11) is 0. The normalized spacial score (nSPS) is 17.0. The van der Waals surface area contributed by atoms with Crippen molar-refractivity contribution in [2.75, 3.05) is 50.4 Å². The second kappa shape index (κ2) is 6.13. The predicted octanol–water partition coefficient (Wildman–Crippen LogP) is 0.565. The average Bonchev–Trinajstić information content (AvgIpc) is 2.29. The molecule has 6 nitrogen and oxygen atoms in total. The molecule has 3 N–H and O–H groups in total. The van der Waals surface area contributed by atoms with Crippen LogP contribution in [0.15, 0.2) is 10.7 Å². The molecule has 0 radical (unpaired) electrons. The van der Waals surface area contributed by atoms with E-state index in [0.29, 0.717) is 16.4 Å². The number of morpholine rings is 1. The van der Waals surface area contributed by atoms with E-state index in [1.807, 2.05) is 0 Å². The lowest BCUT2D eigenvalue weighted by Crippen LogP contribution is -2.39. The van der Waals surface area contributed by atoms with E-state index in [1.165, 1.54) is 0 Å². The van der Waals surface area contributed by atoms with Crippen LogP contribution in [0.1, 0.15) is 0 Å². The number of nitrogens with one attached hydrogen (secondary N) is 1. The first kappa shape index (κ1) is 12.5. The van der Waals surface area contributed by atoms with Gasteiger partial charge < -0.3 is 15.8 Å². The number of nitrogen functional groups attached to an aromatic ring is 1. The molecule has 0 saturated carbocycles. The van der Waals surface area contributed by atoms with Crippen molar-refractivity contribution in [3.63, 3.8) is 0 Å². The van der Waals surface area contributed by atoms with E-state index >= 15 is 0 Å². The van der Waals surface area contributed by atoms with Crippen molar-refractivity contribution >= 4 is 27.7 Å². The average molecular weight is 302 g/mol. The van der Waals surface area contributed by atoms with Gasteiger partial charge in [0.1, 0.15) is 10.4 Å². The Balaban J connectivity index is 1.77. The zero-order valence-electron chi connectivity index (χ0n) is 9.53. The SMILES string of the molecule is Nc1cc(Br)nc(NCCN2CCOCC2)n1. The van der Waals surface area contributed by atoms with Crippen LogP contribution in [-0.2, 0) is 4.74 Å². The highest BCUT2D eigenvalue weighted by Gasteiger charge is 2.09. The van der Waals surface area contributed by atoms with E-state index in [4.69, 9.17) is 10.5 Å². The van der Waals surface area contributed by atoms with Gasteiger partial charge in [0.05, 0.1) is 13.2 Å². The minimum atomic E-state index is 0.459. The van der Waals surface area contributed by atoms with Crippen LogP contribution >= 0.6 is 15.9 Å². The smallest absolute Gasteiger partial charge is 0.225 e. The Morgan fingerprint density at radius 3 is 2.88 bits per heavy atom. The van der Waals surface area contributed by atoms with Crippen LogP contribution in [0.25, 0.3) is 0 Å². The molecule has 1 fully saturated rings. The van der Waals surface area contributed by atoms with E-state index in [2.05, 4.69) is 36.1 Å². The summed E-state index contributed by atoms with van der Waals surface area (Å²) in [5, 5.41) is 3.16. The van der Waals surface area contributed by atoms with Crippen LogP contribution in [0.3, 0.4) is 0 Å². The molecule has 17 heavy (non-hydrogen) atoms. The molecular formula is C10H16BrN5O. The molecule has 1 aliphatic rings. The Kier molecular flexibility index (Phi) is 4.52. The van der Waals surface area contributed by atoms with Gasteiger partial charge in [-0.2, -0.15) is 4.98 Å². The summed E-state index contributed by atoms with van der Waals surface area (Å²) in [6, 6.07) is 1.67. The van der Waals surface area contributed by atoms with Gasteiger partial charge in [-0.25, -0.2) is 4.98 Å². The van der Waals surface area contributed by atoms with E-state index in [1.54, 1.807) is 6.07 Å². The maximum absolute atomic E-state index is 5.63. The fourth-order valence-corrected chi connectivity index (χ4v) is 2.07. The third-order valence-corrected chi connectivity index (χ3v) is 2.94. The maximum atomic E-state index is 5.63. The van der Waals surface area contributed by atoms with Gasteiger partial charge in [-0.1, -0.05) is 0 Å². The van der Waals surface area contributed by atoms with Gasteiger partial charge >= 0.3 is 0 Å². The quantitative estimate of drug-likeness (QED) is 0.792. The van der Waals surface area contributed by atoms with Crippen LogP contribution in [0.4, 0.5) is 11.8 Å². The summed E-state index contributed by atoms with van der Waals surface area (Å²) in [5.41, 5.74) is 5.63. The second-order valence-electron chi connectivity index (χ2n) is 3.82. The van der Waals surface area contributed by atoms with Gasteiger partial charge in [0, 0.05) is 32.2 Å². The van der Waals surface area contributed by atoms with E-state index in [-0.39, 0.29) is 0 Å².